The Morgan fingerprint density at radius 2 is 1.04 bits per heavy atom. The Morgan fingerprint density at radius 1 is 0.577 bits per heavy atom. The van der Waals surface area contributed by atoms with Crippen LogP contribution in [0.1, 0.15) is 0 Å². The molecule has 4 aromatic rings. The molecular formula is C22H16FN3. The van der Waals surface area contributed by atoms with Gasteiger partial charge in [-0.1, -0.05) is 60.7 Å². The highest BCUT2D eigenvalue weighted by molar-refractivity contribution is 5.91. The van der Waals surface area contributed by atoms with E-state index >= 15 is 0 Å². The SMILES string of the molecule is Nc1nc(-c2ccccc2)c(-c2ccccc2)c(-c2ccc(F)cc2)n1. The summed E-state index contributed by atoms with van der Waals surface area (Å²) in [4.78, 5) is 9.00. The van der Waals surface area contributed by atoms with Crippen LogP contribution in [-0.4, -0.2) is 9.97 Å². The molecule has 0 fully saturated rings. The standard InChI is InChI=1S/C22H16FN3/c23-18-13-11-17(12-14-18)21-19(15-7-3-1-4-8-15)20(25-22(24)26-21)16-9-5-2-6-10-16/h1-14H,(H2,24,25,26). The fraction of sp³-hybridized carbons (Fsp3) is 0. The van der Waals surface area contributed by atoms with Gasteiger partial charge in [-0.15, -0.1) is 0 Å². The molecule has 4 heteroatoms. The van der Waals surface area contributed by atoms with Crippen LogP contribution in [-0.2, 0) is 0 Å². The largest absolute Gasteiger partial charge is 0.368 e. The monoisotopic (exact) mass is 341 g/mol. The minimum absolute atomic E-state index is 0.183. The Labute approximate surface area is 151 Å². The van der Waals surface area contributed by atoms with Gasteiger partial charge in [0.25, 0.3) is 0 Å². The van der Waals surface area contributed by atoms with Crippen molar-refractivity contribution in [2.24, 2.45) is 0 Å². The Balaban J connectivity index is 2.05. The predicted molar refractivity (Wildman–Crippen MR) is 103 cm³/mol. The third-order valence-corrected chi connectivity index (χ3v) is 4.15. The summed E-state index contributed by atoms with van der Waals surface area (Å²) in [5.74, 6) is -0.108. The molecule has 3 aromatic carbocycles. The van der Waals surface area contributed by atoms with Crippen molar-refractivity contribution in [2.45, 2.75) is 0 Å². The maximum Gasteiger partial charge on any atom is 0.221 e. The second-order valence-corrected chi connectivity index (χ2v) is 5.89. The molecule has 126 valence electrons. The van der Waals surface area contributed by atoms with Gasteiger partial charge in [-0.2, -0.15) is 0 Å². The lowest BCUT2D eigenvalue weighted by molar-refractivity contribution is 0.628. The molecule has 0 atom stereocenters. The lowest BCUT2D eigenvalue weighted by Crippen LogP contribution is -2.02. The predicted octanol–water partition coefficient (Wildman–Crippen LogP) is 5.20. The van der Waals surface area contributed by atoms with Crippen LogP contribution in [0, 0.1) is 5.82 Å². The molecule has 0 bridgehead atoms. The Bertz CT molecular complexity index is 1030. The number of rotatable bonds is 3. The number of halogens is 1. The number of anilines is 1. The van der Waals surface area contributed by atoms with Crippen molar-refractivity contribution in [3.8, 4) is 33.6 Å². The van der Waals surface area contributed by atoms with E-state index in [1.807, 2.05) is 60.7 Å². The fourth-order valence-electron chi connectivity index (χ4n) is 2.98. The quantitative estimate of drug-likeness (QED) is 0.557. The topological polar surface area (TPSA) is 51.8 Å². The zero-order valence-electron chi connectivity index (χ0n) is 13.9. The van der Waals surface area contributed by atoms with E-state index in [4.69, 9.17) is 5.73 Å². The molecule has 4 rings (SSSR count). The van der Waals surface area contributed by atoms with E-state index in [0.29, 0.717) is 5.69 Å². The lowest BCUT2D eigenvalue weighted by atomic mass is 9.94. The number of nitrogens with two attached hydrogens (primary N) is 1. The molecule has 1 heterocycles. The molecule has 0 aliphatic rings. The molecule has 0 radical (unpaired) electrons. The maximum atomic E-state index is 13.4. The van der Waals surface area contributed by atoms with E-state index in [9.17, 15) is 4.39 Å². The second kappa shape index (κ2) is 6.76. The van der Waals surface area contributed by atoms with Gasteiger partial charge in [0.1, 0.15) is 5.82 Å². The number of nitrogens with zero attached hydrogens (tertiary/aromatic N) is 2. The summed E-state index contributed by atoms with van der Waals surface area (Å²) in [5, 5.41) is 0. The summed E-state index contributed by atoms with van der Waals surface area (Å²) in [6.07, 6.45) is 0. The van der Waals surface area contributed by atoms with Crippen molar-refractivity contribution < 1.29 is 4.39 Å². The Hall–Kier alpha value is -3.53. The van der Waals surface area contributed by atoms with Crippen LogP contribution < -0.4 is 5.73 Å². The summed E-state index contributed by atoms with van der Waals surface area (Å²) in [6.45, 7) is 0. The zero-order chi connectivity index (χ0) is 17.9. The number of hydrogen-bond acceptors (Lipinski definition) is 3. The van der Waals surface area contributed by atoms with Crippen LogP contribution in [0.2, 0.25) is 0 Å². The van der Waals surface area contributed by atoms with Gasteiger partial charge in [-0.05, 0) is 29.8 Å². The summed E-state index contributed by atoms with van der Waals surface area (Å²) in [5.41, 5.74) is 11.0. The third kappa shape index (κ3) is 3.05. The molecular weight excluding hydrogens is 325 g/mol. The van der Waals surface area contributed by atoms with Crippen LogP contribution in [0.3, 0.4) is 0 Å². The number of benzene rings is 3. The molecule has 0 aliphatic heterocycles. The van der Waals surface area contributed by atoms with Crippen molar-refractivity contribution >= 4 is 5.95 Å². The molecule has 0 saturated carbocycles. The van der Waals surface area contributed by atoms with Crippen LogP contribution in [0.5, 0.6) is 0 Å². The minimum atomic E-state index is -0.291. The highest BCUT2D eigenvalue weighted by Crippen LogP contribution is 2.38. The smallest absolute Gasteiger partial charge is 0.221 e. The van der Waals surface area contributed by atoms with Crippen molar-refractivity contribution in [3.63, 3.8) is 0 Å². The van der Waals surface area contributed by atoms with Gasteiger partial charge in [-0.3, -0.25) is 0 Å². The van der Waals surface area contributed by atoms with E-state index in [-0.39, 0.29) is 11.8 Å². The first-order valence-electron chi connectivity index (χ1n) is 8.26. The van der Waals surface area contributed by atoms with E-state index in [1.165, 1.54) is 12.1 Å². The Morgan fingerprint density at radius 3 is 1.58 bits per heavy atom. The first kappa shape index (κ1) is 16.0. The third-order valence-electron chi connectivity index (χ3n) is 4.15. The first-order chi connectivity index (χ1) is 12.7. The summed E-state index contributed by atoms with van der Waals surface area (Å²) in [7, 11) is 0. The lowest BCUT2D eigenvalue weighted by Gasteiger charge is -2.15. The average molecular weight is 341 g/mol. The van der Waals surface area contributed by atoms with E-state index < -0.39 is 0 Å². The molecule has 0 aliphatic carbocycles. The summed E-state index contributed by atoms with van der Waals surface area (Å²) < 4.78 is 13.4. The van der Waals surface area contributed by atoms with Crippen molar-refractivity contribution in [1.82, 2.24) is 9.97 Å². The molecule has 0 saturated heterocycles. The van der Waals surface area contributed by atoms with Crippen LogP contribution in [0.4, 0.5) is 10.3 Å². The number of hydrogen-bond donors (Lipinski definition) is 1. The maximum absolute atomic E-state index is 13.4. The van der Waals surface area contributed by atoms with Gasteiger partial charge in [0, 0.05) is 16.7 Å². The van der Waals surface area contributed by atoms with Crippen LogP contribution >= 0.6 is 0 Å². The van der Waals surface area contributed by atoms with Gasteiger partial charge < -0.3 is 5.73 Å². The van der Waals surface area contributed by atoms with Crippen LogP contribution in [0.25, 0.3) is 33.6 Å². The van der Waals surface area contributed by atoms with Crippen molar-refractivity contribution in [3.05, 3.63) is 90.7 Å². The van der Waals surface area contributed by atoms with Crippen LogP contribution in [0.15, 0.2) is 84.9 Å². The average Bonchev–Trinajstić information content (AvgIpc) is 2.69. The Kier molecular flexibility index (Phi) is 4.15. The minimum Gasteiger partial charge on any atom is -0.368 e. The van der Waals surface area contributed by atoms with Crippen molar-refractivity contribution in [1.29, 1.82) is 0 Å². The number of nitrogen functional groups attached to an aromatic ring is 1. The zero-order valence-corrected chi connectivity index (χ0v) is 13.9. The molecule has 1 aromatic heterocycles. The van der Waals surface area contributed by atoms with Gasteiger partial charge >= 0.3 is 0 Å². The molecule has 3 nitrogen and oxygen atoms in total. The molecule has 2 N–H and O–H groups in total. The highest BCUT2D eigenvalue weighted by atomic mass is 19.1. The molecule has 0 spiro atoms. The highest BCUT2D eigenvalue weighted by Gasteiger charge is 2.18. The summed E-state index contributed by atoms with van der Waals surface area (Å²) >= 11 is 0. The van der Waals surface area contributed by atoms with Gasteiger partial charge in [0.15, 0.2) is 0 Å². The second-order valence-electron chi connectivity index (χ2n) is 5.89. The number of aromatic nitrogens is 2. The van der Waals surface area contributed by atoms with E-state index in [1.54, 1.807) is 12.1 Å². The van der Waals surface area contributed by atoms with Gasteiger partial charge in [-0.25, -0.2) is 14.4 Å². The first-order valence-corrected chi connectivity index (χ1v) is 8.26. The van der Waals surface area contributed by atoms with E-state index in [0.717, 1.165) is 27.9 Å². The molecule has 0 amide bonds. The van der Waals surface area contributed by atoms with Gasteiger partial charge in [0.2, 0.25) is 5.95 Å². The molecule has 26 heavy (non-hydrogen) atoms. The van der Waals surface area contributed by atoms with Crippen molar-refractivity contribution in [2.75, 3.05) is 5.73 Å². The van der Waals surface area contributed by atoms with Gasteiger partial charge in [0.05, 0.1) is 11.4 Å². The normalized spacial score (nSPS) is 10.7. The summed E-state index contributed by atoms with van der Waals surface area (Å²) in [6, 6.07) is 26.0. The fourth-order valence-corrected chi connectivity index (χ4v) is 2.98. The molecule has 0 unspecified atom stereocenters. The van der Waals surface area contributed by atoms with E-state index in [2.05, 4.69) is 9.97 Å².